The Bertz CT molecular complexity index is 746. The van der Waals surface area contributed by atoms with Crippen molar-refractivity contribution >= 4 is 11.9 Å². The Morgan fingerprint density at radius 3 is 2.71 bits per heavy atom. The molecule has 0 radical (unpaired) electrons. The molecule has 1 atom stereocenters. The number of amides is 1. The van der Waals surface area contributed by atoms with Gasteiger partial charge in [-0.05, 0) is 51.0 Å². The minimum absolute atomic E-state index is 0.270. The summed E-state index contributed by atoms with van der Waals surface area (Å²) >= 11 is 0. The molecule has 2 N–H and O–H groups in total. The van der Waals surface area contributed by atoms with Crippen LogP contribution in [0.2, 0.25) is 0 Å². The molecule has 172 valence electrons. The van der Waals surface area contributed by atoms with Crippen LogP contribution in [0.25, 0.3) is 0 Å². The highest BCUT2D eigenvalue weighted by atomic mass is 16.5. The summed E-state index contributed by atoms with van der Waals surface area (Å²) < 4.78 is 11.9. The van der Waals surface area contributed by atoms with Crippen LogP contribution in [-0.4, -0.2) is 56.2 Å². The molecule has 7 nitrogen and oxygen atoms in total. The van der Waals surface area contributed by atoms with Crippen LogP contribution in [-0.2, 0) is 11.3 Å². The van der Waals surface area contributed by atoms with E-state index < -0.39 is 0 Å². The summed E-state index contributed by atoms with van der Waals surface area (Å²) in [5.41, 5.74) is 1.06. The van der Waals surface area contributed by atoms with Crippen LogP contribution in [0.1, 0.15) is 63.9 Å². The van der Waals surface area contributed by atoms with E-state index in [4.69, 9.17) is 9.47 Å². The van der Waals surface area contributed by atoms with Gasteiger partial charge in [-0.3, -0.25) is 9.79 Å². The standard InChI is InChI=1S/C24H38N4O3/c1-4-19(28-16-8-13-22(28)29)14-15-26-24(25-2)27-17-18-9-7-12-21(30-3)23(18)31-20-10-5-6-11-20/h7,9,12,19-20H,4-6,8,10-11,13-17H2,1-3H3,(H2,25,26,27). The molecule has 2 aliphatic rings. The van der Waals surface area contributed by atoms with E-state index in [1.165, 1.54) is 12.8 Å². The summed E-state index contributed by atoms with van der Waals surface area (Å²) in [7, 11) is 3.46. The zero-order chi connectivity index (χ0) is 22.1. The average molecular weight is 431 g/mol. The van der Waals surface area contributed by atoms with Crippen molar-refractivity contribution in [2.45, 2.75) is 77.0 Å². The van der Waals surface area contributed by atoms with Crippen LogP contribution in [0.5, 0.6) is 11.5 Å². The maximum Gasteiger partial charge on any atom is 0.222 e. The molecule has 7 heteroatoms. The van der Waals surface area contributed by atoms with Gasteiger partial charge in [0.05, 0.1) is 13.2 Å². The zero-order valence-electron chi connectivity index (χ0n) is 19.3. The fourth-order valence-corrected chi connectivity index (χ4v) is 4.56. The highest BCUT2D eigenvalue weighted by Crippen LogP contribution is 2.34. The Morgan fingerprint density at radius 2 is 2.06 bits per heavy atom. The van der Waals surface area contributed by atoms with Crippen molar-refractivity contribution in [3.05, 3.63) is 23.8 Å². The summed E-state index contributed by atoms with van der Waals surface area (Å²) in [6, 6.07) is 6.31. The number of para-hydroxylation sites is 1. The van der Waals surface area contributed by atoms with Gasteiger partial charge < -0.3 is 25.0 Å². The van der Waals surface area contributed by atoms with Crippen molar-refractivity contribution in [3.8, 4) is 11.5 Å². The number of aliphatic imine (C=N–C) groups is 1. The number of ether oxygens (including phenoxy) is 2. The third-order valence-electron chi connectivity index (χ3n) is 6.33. The highest BCUT2D eigenvalue weighted by Gasteiger charge is 2.26. The molecule has 0 aromatic heterocycles. The lowest BCUT2D eigenvalue weighted by Crippen LogP contribution is -2.41. The molecular weight excluding hydrogens is 392 g/mol. The van der Waals surface area contributed by atoms with E-state index in [0.717, 1.165) is 68.2 Å². The van der Waals surface area contributed by atoms with Crippen LogP contribution in [0.15, 0.2) is 23.2 Å². The van der Waals surface area contributed by atoms with Gasteiger partial charge in [-0.25, -0.2) is 0 Å². The van der Waals surface area contributed by atoms with E-state index in [-0.39, 0.29) is 6.10 Å². The van der Waals surface area contributed by atoms with E-state index in [0.29, 0.717) is 24.9 Å². The molecule has 1 aromatic carbocycles. The molecule has 1 amide bonds. The van der Waals surface area contributed by atoms with Crippen molar-refractivity contribution in [1.82, 2.24) is 15.5 Å². The molecule has 0 spiro atoms. The number of guanidine groups is 1. The van der Waals surface area contributed by atoms with Crippen molar-refractivity contribution < 1.29 is 14.3 Å². The summed E-state index contributed by atoms with van der Waals surface area (Å²) in [5, 5.41) is 6.79. The molecule has 1 saturated carbocycles. The van der Waals surface area contributed by atoms with E-state index in [1.807, 2.05) is 17.0 Å². The Hall–Kier alpha value is -2.44. The highest BCUT2D eigenvalue weighted by molar-refractivity contribution is 5.80. The van der Waals surface area contributed by atoms with Crippen LogP contribution in [0.4, 0.5) is 0 Å². The first kappa shape index (κ1) is 23.2. The maximum atomic E-state index is 12.0. The summed E-state index contributed by atoms with van der Waals surface area (Å²) in [5.74, 6) is 2.65. The minimum atomic E-state index is 0.270. The number of nitrogens with one attached hydrogen (secondary N) is 2. The smallest absolute Gasteiger partial charge is 0.222 e. The summed E-state index contributed by atoms with van der Waals surface area (Å²) in [6.45, 7) is 4.41. The van der Waals surface area contributed by atoms with Crippen LogP contribution in [0, 0.1) is 0 Å². The van der Waals surface area contributed by atoms with Crippen molar-refractivity contribution in [2.24, 2.45) is 4.99 Å². The molecule has 1 unspecified atom stereocenters. The van der Waals surface area contributed by atoms with Gasteiger partial charge in [0.25, 0.3) is 0 Å². The molecule has 1 aliphatic heterocycles. The number of nitrogens with zero attached hydrogens (tertiary/aromatic N) is 2. The van der Waals surface area contributed by atoms with Crippen LogP contribution >= 0.6 is 0 Å². The number of likely N-dealkylation sites (tertiary alicyclic amines) is 1. The van der Waals surface area contributed by atoms with Gasteiger partial charge in [0, 0.05) is 44.7 Å². The second kappa shape index (κ2) is 11.8. The van der Waals surface area contributed by atoms with Gasteiger partial charge in [0.2, 0.25) is 5.91 Å². The number of carbonyl (C=O) groups is 1. The van der Waals surface area contributed by atoms with Gasteiger partial charge >= 0.3 is 0 Å². The number of rotatable bonds is 10. The predicted octanol–water partition coefficient (Wildman–Crippen LogP) is 3.47. The fraction of sp³-hybridized carbons (Fsp3) is 0.667. The Labute approximate surface area is 186 Å². The summed E-state index contributed by atoms with van der Waals surface area (Å²) in [4.78, 5) is 18.4. The number of methoxy groups -OCH3 is 1. The van der Waals surface area contributed by atoms with Gasteiger partial charge in [-0.2, -0.15) is 0 Å². The molecule has 0 bridgehead atoms. The van der Waals surface area contributed by atoms with E-state index in [2.05, 4.69) is 28.6 Å². The van der Waals surface area contributed by atoms with E-state index in [9.17, 15) is 4.79 Å². The van der Waals surface area contributed by atoms with Gasteiger partial charge in [-0.15, -0.1) is 0 Å². The molecule has 1 heterocycles. The lowest BCUT2D eigenvalue weighted by molar-refractivity contribution is -0.129. The quantitative estimate of drug-likeness (QED) is 0.439. The first-order valence-electron chi connectivity index (χ1n) is 11.7. The second-order valence-corrected chi connectivity index (χ2v) is 8.37. The van der Waals surface area contributed by atoms with Crippen molar-refractivity contribution in [1.29, 1.82) is 0 Å². The van der Waals surface area contributed by atoms with E-state index >= 15 is 0 Å². The Balaban J connectivity index is 1.53. The number of carbonyl (C=O) groups excluding carboxylic acids is 1. The topological polar surface area (TPSA) is 75.2 Å². The largest absolute Gasteiger partial charge is 0.493 e. The van der Waals surface area contributed by atoms with E-state index in [1.54, 1.807) is 14.2 Å². The maximum absolute atomic E-state index is 12.0. The lowest BCUT2D eigenvalue weighted by atomic mass is 10.1. The molecule has 1 aliphatic carbocycles. The first-order valence-corrected chi connectivity index (χ1v) is 11.7. The van der Waals surface area contributed by atoms with Crippen molar-refractivity contribution in [3.63, 3.8) is 0 Å². The first-order chi connectivity index (χ1) is 15.2. The Morgan fingerprint density at radius 1 is 1.26 bits per heavy atom. The van der Waals surface area contributed by atoms with Crippen molar-refractivity contribution in [2.75, 3.05) is 27.2 Å². The third kappa shape index (κ3) is 6.28. The zero-order valence-corrected chi connectivity index (χ0v) is 19.3. The molecule has 1 saturated heterocycles. The molecule has 31 heavy (non-hydrogen) atoms. The number of benzene rings is 1. The normalized spacial score (nSPS) is 18.4. The molecular formula is C24H38N4O3. The monoisotopic (exact) mass is 430 g/mol. The lowest BCUT2D eigenvalue weighted by Gasteiger charge is -2.27. The summed E-state index contributed by atoms with van der Waals surface area (Å²) in [6.07, 6.45) is 8.50. The van der Waals surface area contributed by atoms with Gasteiger partial charge in [0.1, 0.15) is 0 Å². The SMILES string of the molecule is CCC(CCNC(=NC)NCc1cccc(OC)c1OC1CCCC1)N1CCCC1=O. The van der Waals surface area contributed by atoms with Gasteiger partial charge in [0.15, 0.2) is 17.5 Å². The second-order valence-electron chi connectivity index (χ2n) is 8.37. The average Bonchev–Trinajstić information content (AvgIpc) is 3.46. The Kier molecular flexibility index (Phi) is 8.85. The van der Waals surface area contributed by atoms with Crippen LogP contribution in [0.3, 0.4) is 0 Å². The van der Waals surface area contributed by atoms with Gasteiger partial charge in [-0.1, -0.05) is 19.1 Å². The fourth-order valence-electron chi connectivity index (χ4n) is 4.56. The van der Waals surface area contributed by atoms with Crippen LogP contribution < -0.4 is 20.1 Å². The number of hydrogen-bond acceptors (Lipinski definition) is 4. The third-order valence-corrected chi connectivity index (χ3v) is 6.33. The molecule has 2 fully saturated rings. The predicted molar refractivity (Wildman–Crippen MR) is 124 cm³/mol. The minimum Gasteiger partial charge on any atom is -0.493 e. The molecule has 3 rings (SSSR count). The molecule has 1 aromatic rings. The number of hydrogen-bond donors (Lipinski definition) is 2.